The maximum absolute atomic E-state index is 5.87. The van der Waals surface area contributed by atoms with E-state index >= 15 is 0 Å². The van der Waals surface area contributed by atoms with Crippen molar-refractivity contribution in [2.24, 2.45) is 0 Å². The molecule has 1 nitrogen and oxygen atoms in total. The fourth-order valence-electron chi connectivity index (χ4n) is 1.41. The molecule has 0 aliphatic carbocycles. The number of thiophene rings is 1. The number of hydrogen-bond donors (Lipinski definition) is 1. The fraction of sp³-hybridized carbons (Fsp3) is 0.167. The van der Waals surface area contributed by atoms with E-state index in [-0.39, 0.29) is 0 Å². The van der Waals surface area contributed by atoms with Crippen molar-refractivity contribution in [1.82, 2.24) is 0 Å². The highest BCUT2D eigenvalue weighted by atomic mass is 79.9. The highest BCUT2D eigenvalue weighted by Gasteiger charge is 2.01. The van der Waals surface area contributed by atoms with Crippen LogP contribution >= 0.6 is 38.9 Å². The van der Waals surface area contributed by atoms with E-state index in [4.69, 9.17) is 11.6 Å². The first kappa shape index (κ1) is 12.0. The lowest BCUT2D eigenvalue weighted by molar-refractivity contribution is 1.18. The van der Waals surface area contributed by atoms with Crippen molar-refractivity contribution in [2.75, 3.05) is 5.32 Å². The number of benzene rings is 1. The van der Waals surface area contributed by atoms with Crippen molar-refractivity contribution >= 4 is 44.6 Å². The summed E-state index contributed by atoms with van der Waals surface area (Å²) in [4.78, 5) is 1.24. The molecule has 0 spiro atoms. The largest absolute Gasteiger partial charge is 0.380 e. The van der Waals surface area contributed by atoms with Gasteiger partial charge < -0.3 is 5.32 Å². The molecular formula is C12H11BrClNS. The molecule has 84 valence electrons. The van der Waals surface area contributed by atoms with E-state index < -0.39 is 0 Å². The topological polar surface area (TPSA) is 12.0 Å². The minimum absolute atomic E-state index is 0.813. The zero-order valence-corrected chi connectivity index (χ0v) is 11.9. The molecule has 0 saturated carbocycles. The van der Waals surface area contributed by atoms with Crippen LogP contribution in [0.2, 0.25) is 5.02 Å². The number of nitrogens with one attached hydrogen (secondary N) is 1. The minimum Gasteiger partial charge on any atom is -0.380 e. The Labute approximate surface area is 113 Å². The Balaban J connectivity index is 2.07. The lowest BCUT2D eigenvalue weighted by Crippen LogP contribution is -1.99. The van der Waals surface area contributed by atoms with Crippen LogP contribution < -0.4 is 5.32 Å². The van der Waals surface area contributed by atoms with Gasteiger partial charge in [0.2, 0.25) is 0 Å². The summed E-state index contributed by atoms with van der Waals surface area (Å²) in [5.74, 6) is 0. The lowest BCUT2D eigenvalue weighted by Gasteiger charge is -2.08. The molecule has 0 unspecified atom stereocenters. The first-order valence-electron chi connectivity index (χ1n) is 4.88. The second kappa shape index (κ2) is 5.21. The molecule has 0 amide bonds. The number of hydrogen-bond acceptors (Lipinski definition) is 2. The van der Waals surface area contributed by atoms with E-state index in [9.17, 15) is 0 Å². The molecule has 0 bridgehead atoms. The standard InChI is InChI=1S/C12H11BrClNS/c1-8-2-3-9(13)4-12(8)15-6-11-5-10(14)7-16-11/h2-5,7,15H,6H2,1H3. The van der Waals surface area contributed by atoms with Crippen molar-refractivity contribution in [1.29, 1.82) is 0 Å². The van der Waals surface area contributed by atoms with Crippen LogP contribution in [0.1, 0.15) is 10.4 Å². The second-order valence-corrected chi connectivity index (χ2v) is 5.89. The SMILES string of the molecule is Cc1ccc(Br)cc1NCc1cc(Cl)cs1. The van der Waals surface area contributed by atoms with Crippen molar-refractivity contribution in [3.63, 3.8) is 0 Å². The summed E-state index contributed by atoms with van der Waals surface area (Å²) in [5, 5.41) is 6.17. The number of aryl methyl sites for hydroxylation is 1. The normalized spacial score (nSPS) is 10.4. The monoisotopic (exact) mass is 315 g/mol. The molecule has 0 radical (unpaired) electrons. The number of anilines is 1. The molecule has 1 aromatic heterocycles. The van der Waals surface area contributed by atoms with Gasteiger partial charge in [0, 0.05) is 27.0 Å². The van der Waals surface area contributed by atoms with Crippen LogP contribution in [0.3, 0.4) is 0 Å². The quantitative estimate of drug-likeness (QED) is 0.832. The number of halogens is 2. The van der Waals surface area contributed by atoms with Gasteiger partial charge in [0.25, 0.3) is 0 Å². The van der Waals surface area contributed by atoms with Gasteiger partial charge in [-0.3, -0.25) is 0 Å². The van der Waals surface area contributed by atoms with E-state index in [2.05, 4.69) is 40.3 Å². The maximum Gasteiger partial charge on any atom is 0.0516 e. The highest BCUT2D eigenvalue weighted by Crippen LogP contribution is 2.23. The predicted octanol–water partition coefficient (Wildman–Crippen LogP) is 5.08. The first-order chi connectivity index (χ1) is 7.65. The molecule has 0 fully saturated rings. The van der Waals surface area contributed by atoms with Gasteiger partial charge in [-0.05, 0) is 30.7 Å². The first-order valence-corrected chi connectivity index (χ1v) is 6.93. The Bertz CT molecular complexity index is 496. The zero-order valence-electron chi connectivity index (χ0n) is 8.76. The van der Waals surface area contributed by atoms with Gasteiger partial charge in [-0.15, -0.1) is 11.3 Å². The van der Waals surface area contributed by atoms with Gasteiger partial charge in [-0.25, -0.2) is 0 Å². The average Bonchev–Trinajstić information content (AvgIpc) is 2.66. The summed E-state index contributed by atoms with van der Waals surface area (Å²) in [5.41, 5.74) is 2.39. The summed E-state index contributed by atoms with van der Waals surface area (Å²) in [6.45, 7) is 2.91. The van der Waals surface area contributed by atoms with Crippen LogP contribution in [-0.4, -0.2) is 0 Å². The van der Waals surface area contributed by atoms with E-state index in [1.54, 1.807) is 11.3 Å². The Hall–Kier alpha value is -0.510. The van der Waals surface area contributed by atoms with E-state index in [1.807, 2.05) is 17.5 Å². The van der Waals surface area contributed by atoms with Crippen LogP contribution in [0.15, 0.2) is 34.1 Å². The van der Waals surface area contributed by atoms with Gasteiger partial charge in [0.05, 0.1) is 5.02 Å². The highest BCUT2D eigenvalue weighted by molar-refractivity contribution is 9.10. The molecule has 1 aromatic carbocycles. The molecule has 4 heteroatoms. The zero-order chi connectivity index (χ0) is 11.5. The third kappa shape index (κ3) is 3.00. The van der Waals surface area contributed by atoms with E-state index in [0.717, 1.165) is 21.7 Å². The lowest BCUT2D eigenvalue weighted by atomic mass is 10.2. The summed E-state index contributed by atoms with van der Waals surface area (Å²) in [6.07, 6.45) is 0. The molecule has 1 heterocycles. The molecular weight excluding hydrogens is 306 g/mol. The van der Waals surface area contributed by atoms with E-state index in [0.29, 0.717) is 0 Å². The Morgan fingerprint density at radius 2 is 2.19 bits per heavy atom. The maximum atomic E-state index is 5.87. The van der Waals surface area contributed by atoms with Crippen molar-refractivity contribution in [3.05, 3.63) is 49.6 Å². The van der Waals surface area contributed by atoms with Gasteiger partial charge in [0.15, 0.2) is 0 Å². The molecule has 0 aliphatic heterocycles. The molecule has 0 atom stereocenters. The van der Waals surface area contributed by atoms with Crippen LogP contribution in [0.5, 0.6) is 0 Å². The molecule has 2 rings (SSSR count). The van der Waals surface area contributed by atoms with Gasteiger partial charge in [-0.1, -0.05) is 33.6 Å². The third-order valence-corrected chi connectivity index (χ3v) is 4.05. The summed E-state index contributed by atoms with van der Waals surface area (Å²) in [7, 11) is 0. The van der Waals surface area contributed by atoms with Gasteiger partial charge in [0.1, 0.15) is 0 Å². The number of rotatable bonds is 3. The summed E-state index contributed by atoms with van der Waals surface area (Å²) >= 11 is 11.0. The van der Waals surface area contributed by atoms with Crippen molar-refractivity contribution < 1.29 is 0 Å². The Kier molecular flexibility index (Phi) is 3.90. The predicted molar refractivity (Wildman–Crippen MR) is 75.5 cm³/mol. The van der Waals surface area contributed by atoms with Crippen molar-refractivity contribution in [3.8, 4) is 0 Å². The van der Waals surface area contributed by atoms with Gasteiger partial charge >= 0.3 is 0 Å². The summed E-state index contributed by atoms with van der Waals surface area (Å²) in [6, 6.07) is 8.22. The molecule has 2 aromatic rings. The van der Waals surface area contributed by atoms with Crippen LogP contribution in [0.25, 0.3) is 0 Å². The van der Waals surface area contributed by atoms with Crippen LogP contribution in [0, 0.1) is 6.92 Å². The van der Waals surface area contributed by atoms with Crippen LogP contribution in [0.4, 0.5) is 5.69 Å². The van der Waals surface area contributed by atoms with E-state index in [1.165, 1.54) is 10.4 Å². The second-order valence-electron chi connectivity index (χ2n) is 3.54. The molecule has 0 aliphatic rings. The molecule has 1 N–H and O–H groups in total. The smallest absolute Gasteiger partial charge is 0.0516 e. The Morgan fingerprint density at radius 1 is 1.38 bits per heavy atom. The molecule has 0 saturated heterocycles. The molecule has 16 heavy (non-hydrogen) atoms. The minimum atomic E-state index is 0.813. The van der Waals surface area contributed by atoms with Crippen LogP contribution in [-0.2, 0) is 6.54 Å². The third-order valence-electron chi connectivity index (χ3n) is 2.27. The fourth-order valence-corrected chi connectivity index (χ4v) is 2.79. The average molecular weight is 317 g/mol. The van der Waals surface area contributed by atoms with Crippen molar-refractivity contribution in [2.45, 2.75) is 13.5 Å². The van der Waals surface area contributed by atoms with Gasteiger partial charge in [-0.2, -0.15) is 0 Å². The Morgan fingerprint density at radius 3 is 2.88 bits per heavy atom. The summed E-state index contributed by atoms with van der Waals surface area (Å²) < 4.78 is 1.09.